The lowest BCUT2D eigenvalue weighted by Gasteiger charge is -2.46. The van der Waals surface area contributed by atoms with Crippen molar-refractivity contribution in [2.75, 3.05) is 32.0 Å². The lowest BCUT2D eigenvalue weighted by molar-refractivity contribution is 0.0532. The maximum absolute atomic E-state index is 12.8. The number of hydrogen-bond donors (Lipinski definition) is 3. The molecule has 0 radical (unpaired) electrons. The number of nitrogens with one attached hydrogen (secondary N) is 3. The molecule has 154 valence electrons. The molecule has 0 bridgehead atoms. The second-order valence-corrected chi connectivity index (χ2v) is 8.32. The molecule has 2 heterocycles. The molecule has 0 saturated carbocycles. The number of carbonyl (C=O) groups excluding carboxylic acids is 2. The number of likely N-dealkylation sites (tertiary alicyclic amines) is 2. The van der Waals surface area contributed by atoms with E-state index in [2.05, 4.69) is 27.9 Å². The van der Waals surface area contributed by atoms with Gasteiger partial charge in [0.1, 0.15) is 0 Å². The van der Waals surface area contributed by atoms with Gasteiger partial charge in [0, 0.05) is 37.4 Å². The molecule has 0 aliphatic carbocycles. The van der Waals surface area contributed by atoms with E-state index in [1.165, 1.54) is 6.42 Å². The zero-order valence-electron chi connectivity index (χ0n) is 17.2. The van der Waals surface area contributed by atoms with E-state index in [-0.39, 0.29) is 18.1 Å². The van der Waals surface area contributed by atoms with E-state index in [9.17, 15) is 9.59 Å². The molecule has 0 aromatic heterocycles. The maximum Gasteiger partial charge on any atom is 0.319 e. The summed E-state index contributed by atoms with van der Waals surface area (Å²) in [5.74, 6) is 0.598. The lowest BCUT2D eigenvalue weighted by Crippen LogP contribution is -2.57. The van der Waals surface area contributed by atoms with Crippen LogP contribution in [0.25, 0.3) is 0 Å². The lowest BCUT2D eigenvalue weighted by atomic mass is 9.84. The van der Waals surface area contributed by atoms with Crippen LogP contribution >= 0.6 is 0 Å². The molecule has 2 fully saturated rings. The maximum atomic E-state index is 12.8. The topological polar surface area (TPSA) is 76.7 Å². The van der Waals surface area contributed by atoms with Gasteiger partial charge in [-0.3, -0.25) is 0 Å². The minimum atomic E-state index is -0.214. The predicted molar refractivity (Wildman–Crippen MR) is 111 cm³/mol. The summed E-state index contributed by atoms with van der Waals surface area (Å²) in [6.45, 7) is 7.33. The average molecular weight is 388 g/mol. The van der Waals surface area contributed by atoms with Gasteiger partial charge in [0.05, 0.1) is 0 Å². The number of fused-ring (bicyclic) bond motifs is 1. The van der Waals surface area contributed by atoms with Gasteiger partial charge < -0.3 is 25.8 Å². The van der Waals surface area contributed by atoms with Crippen molar-refractivity contribution >= 4 is 17.7 Å². The van der Waals surface area contributed by atoms with Crippen LogP contribution in [0.15, 0.2) is 24.3 Å². The van der Waals surface area contributed by atoms with E-state index >= 15 is 0 Å². The van der Waals surface area contributed by atoms with Gasteiger partial charge in [-0.05, 0) is 70.3 Å². The number of anilines is 1. The van der Waals surface area contributed by atoms with Crippen LogP contribution in [0, 0.1) is 5.92 Å². The minimum absolute atomic E-state index is 0.0396. The second kappa shape index (κ2) is 9.28. The number of carbonyl (C=O) groups is 2. The van der Waals surface area contributed by atoms with Crippen LogP contribution in [0.4, 0.5) is 15.3 Å². The van der Waals surface area contributed by atoms with Crippen molar-refractivity contribution in [1.29, 1.82) is 0 Å². The van der Waals surface area contributed by atoms with Gasteiger partial charge >= 0.3 is 12.1 Å². The standard InChI is InChI=1S/C21H33N5O2/c1-15(2)23-20(27)24-18-8-6-16(7-9-18)13-22-21(28)26-11-4-5-17-14-25(3)12-10-19(17)26/h6-9,15,17,19H,4-5,10-14H2,1-3H3,(H,22,28)(H2,23,24,27). The highest BCUT2D eigenvalue weighted by molar-refractivity contribution is 5.89. The fraction of sp³-hybridized carbons (Fsp3) is 0.619. The third-order valence-electron chi connectivity index (χ3n) is 5.61. The van der Waals surface area contributed by atoms with Gasteiger partial charge in [-0.1, -0.05) is 12.1 Å². The van der Waals surface area contributed by atoms with Gasteiger partial charge in [-0.2, -0.15) is 0 Å². The Balaban J connectivity index is 1.49. The van der Waals surface area contributed by atoms with Crippen LogP contribution in [0.5, 0.6) is 0 Å². The molecule has 3 rings (SSSR count). The van der Waals surface area contributed by atoms with Crippen LogP contribution in [-0.4, -0.2) is 60.6 Å². The smallest absolute Gasteiger partial charge is 0.319 e. The summed E-state index contributed by atoms with van der Waals surface area (Å²) in [6, 6.07) is 7.86. The van der Waals surface area contributed by atoms with Crippen LogP contribution < -0.4 is 16.0 Å². The number of hydrogen-bond acceptors (Lipinski definition) is 3. The number of urea groups is 2. The van der Waals surface area contributed by atoms with Crippen LogP contribution in [-0.2, 0) is 6.54 Å². The van der Waals surface area contributed by atoms with Crippen LogP contribution in [0.3, 0.4) is 0 Å². The first-order valence-corrected chi connectivity index (χ1v) is 10.3. The molecule has 2 saturated heterocycles. The average Bonchev–Trinajstić information content (AvgIpc) is 2.65. The highest BCUT2D eigenvalue weighted by Crippen LogP contribution is 2.30. The van der Waals surface area contributed by atoms with Gasteiger partial charge in [0.25, 0.3) is 0 Å². The fourth-order valence-corrected chi connectivity index (χ4v) is 4.25. The monoisotopic (exact) mass is 387 g/mol. The first-order valence-electron chi connectivity index (χ1n) is 10.3. The van der Waals surface area contributed by atoms with Gasteiger partial charge in [0.2, 0.25) is 0 Å². The summed E-state index contributed by atoms with van der Waals surface area (Å²) in [5.41, 5.74) is 1.75. The van der Waals surface area contributed by atoms with Crippen molar-refractivity contribution in [3.8, 4) is 0 Å². The summed E-state index contributed by atoms with van der Waals surface area (Å²) >= 11 is 0. The number of benzene rings is 1. The van der Waals surface area contributed by atoms with Crippen molar-refractivity contribution < 1.29 is 9.59 Å². The molecule has 2 unspecified atom stereocenters. The molecule has 4 amide bonds. The Kier molecular flexibility index (Phi) is 6.78. The quantitative estimate of drug-likeness (QED) is 0.743. The van der Waals surface area contributed by atoms with Gasteiger partial charge in [-0.25, -0.2) is 9.59 Å². The van der Waals surface area contributed by atoms with E-state index in [1.54, 1.807) is 0 Å². The highest BCUT2D eigenvalue weighted by Gasteiger charge is 2.37. The largest absolute Gasteiger partial charge is 0.336 e. The Hall–Kier alpha value is -2.28. The molecule has 2 aliphatic rings. The summed E-state index contributed by atoms with van der Waals surface area (Å²) in [7, 11) is 2.17. The van der Waals surface area contributed by atoms with Crippen molar-refractivity contribution in [2.24, 2.45) is 5.92 Å². The number of amides is 4. The molecule has 1 aromatic rings. The summed E-state index contributed by atoms with van der Waals surface area (Å²) in [6.07, 6.45) is 3.37. The zero-order valence-corrected chi connectivity index (χ0v) is 17.2. The zero-order chi connectivity index (χ0) is 20.1. The Morgan fingerprint density at radius 2 is 1.89 bits per heavy atom. The van der Waals surface area contributed by atoms with Crippen molar-refractivity contribution in [1.82, 2.24) is 20.4 Å². The van der Waals surface area contributed by atoms with Gasteiger partial charge in [-0.15, -0.1) is 0 Å². The first-order chi connectivity index (χ1) is 13.4. The summed E-state index contributed by atoms with van der Waals surface area (Å²) in [4.78, 5) is 28.9. The molecule has 28 heavy (non-hydrogen) atoms. The van der Waals surface area contributed by atoms with E-state index in [4.69, 9.17) is 0 Å². The molecule has 7 nitrogen and oxygen atoms in total. The van der Waals surface area contributed by atoms with E-state index < -0.39 is 0 Å². The minimum Gasteiger partial charge on any atom is -0.336 e. The Labute approximate surface area is 167 Å². The van der Waals surface area contributed by atoms with E-state index in [0.29, 0.717) is 18.5 Å². The molecule has 7 heteroatoms. The van der Waals surface area contributed by atoms with Crippen molar-refractivity contribution in [3.63, 3.8) is 0 Å². The molecule has 3 N–H and O–H groups in total. The van der Waals surface area contributed by atoms with Crippen LogP contribution in [0.1, 0.15) is 38.7 Å². The normalized spacial score (nSPS) is 22.5. The first kappa shape index (κ1) is 20.5. The second-order valence-electron chi connectivity index (χ2n) is 8.32. The molecule has 2 aliphatic heterocycles. The Bertz CT molecular complexity index is 676. The third-order valence-corrected chi connectivity index (χ3v) is 5.61. The van der Waals surface area contributed by atoms with Gasteiger partial charge in [0.15, 0.2) is 0 Å². The van der Waals surface area contributed by atoms with E-state index in [0.717, 1.165) is 43.7 Å². The highest BCUT2D eigenvalue weighted by atomic mass is 16.2. The number of piperidine rings is 2. The fourth-order valence-electron chi connectivity index (χ4n) is 4.25. The molecule has 2 atom stereocenters. The predicted octanol–water partition coefficient (Wildman–Crippen LogP) is 2.84. The van der Waals surface area contributed by atoms with E-state index in [1.807, 2.05) is 43.0 Å². The molecular formula is C21H33N5O2. The molecular weight excluding hydrogens is 354 g/mol. The number of nitrogens with zero attached hydrogens (tertiary/aromatic N) is 2. The molecule has 1 aromatic carbocycles. The Morgan fingerprint density at radius 3 is 2.61 bits per heavy atom. The number of rotatable bonds is 4. The SMILES string of the molecule is CC(C)NC(=O)Nc1ccc(CNC(=O)N2CCCC3CN(C)CCC32)cc1. The third kappa shape index (κ3) is 5.38. The summed E-state index contributed by atoms with van der Waals surface area (Å²) < 4.78 is 0. The van der Waals surface area contributed by atoms with Crippen molar-refractivity contribution in [3.05, 3.63) is 29.8 Å². The molecule has 0 spiro atoms. The Morgan fingerprint density at radius 1 is 1.14 bits per heavy atom. The van der Waals surface area contributed by atoms with Crippen molar-refractivity contribution in [2.45, 2.75) is 51.7 Å². The summed E-state index contributed by atoms with van der Waals surface area (Å²) in [5, 5.41) is 8.67. The van der Waals surface area contributed by atoms with Crippen LogP contribution in [0.2, 0.25) is 0 Å².